The molecular weight excluding hydrogens is 293 g/mol. The zero-order valence-corrected chi connectivity index (χ0v) is 12.3. The van der Waals surface area contributed by atoms with E-state index in [0.29, 0.717) is 5.88 Å². The molecule has 18 heavy (non-hydrogen) atoms. The van der Waals surface area contributed by atoms with Gasteiger partial charge in [0.25, 0.3) is 0 Å². The number of hydrogen-bond acceptors (Lipinski definition) is 2. The second kappa shape index (κ2) is 5.30. The summed E-state index contributed by atoms with van der Waals surface area (Å²) < 4.78 is 5.80. The van der Waals surface area contributed by atoms with E-state index < -0.39 is 0 Å². The molecule has 0 amide bonds. The maximum absolute atomic E-state index is 6.29. The normalized spacial score (nSPS) is 15.5. The second-order valence-electron chi connectivity index (χ2n) is 4.52. The summed E-state index contributed by atoms with van der Waals surface area (Å²) >= 11 is 12.2. The Morgan fingerprint density at radius 3 is 2.83 bits per heavy atom. The molecule has 0 atom stereocenters. The lowest BCUT2D eigenvalue weighted by Gasteiger charge is -2.13. The van der Waals surface area contributed by atoms with Gasteiger partial charge in [0.15, 0.2) is 0 Å². The fourth-order valence-corrected chi connectivity index (χ4v) is 2.99. The molecule has 0 aliphatic carbocycles. The summed E-state index contributed by atoms with van der Waals surface area (Å²) in [5.41, 5.74) is 3.31. The molecule has 0 N–H and O–H groups in total. The summed E-state index contributed by atoms with van der Waals surface area (Å²) in [5.74, 6) is 1.29. The highest BCUT2D eigenvalue weighted by atomic mass is 35.5. The van der Waals surface area contributed by atoms with Crippen molar-refractivity contribution in [1.82, 2.24) is 4.90 Å². The minimum atomic E-state index is 0. The standard InChI is InChI=1S/C13H13Cl2NO.ClH/c1-16-5-4-8-10(15)2-3-11-13(8)9(7-16)12(6-14)17-11;/h2-3H,4-7H2,1H3;1H. The van der Waals surface area contributed by atoms with Crippen LogP contribution in [0.1, 0.15) is 16.9 Å². The van der Waals surface area contributed by atoms with E-state index >= 15 is 0 Å². The zero-order valence-electron chi connectivity index (χ0n) is 10.0. The van der Waals surface area contributed by atoms with Crippen LogP contribution in [0.25, 0.3) is 11.0 Å². The molecule has 0 unspecified atom stereocenters. The summed E-state index contributed by atoms with van der Waals surface area (Å²) in [7, 11) is 2.11. The lowest BCUT2D eigenvalue weighted by atomic mass is 10.0. The van der Waals surface area contributed by atoms with E-state index in [1.807, 2.05) is 12.1 Å². The molecule has 5 heteroatoms. The minimum Gasteiger partial charge on any atom is -0.459 e. The van der Waals surface area contributed by atoms with Gasteiger partial charge in [-0.05, 0) is 31.2 Å². The highest BCUT2D eigenvalue weighted by Gasteiger charge is 2.22. The summed E-state index contributed by atoms with van der Waals surface area (Å²) in [6.07, 6.45) is 0.959. The van der Waals surface area contributed by atoms with Gasteiger partial charge in [0, 0.05) is 29.1 Å². The lowest BCUT2D eigenvalue weighted by Crippen LogP contribution is -2.18. The van der Waals surface area contributed by atoms with Crippen molar-refractivity contribution >= 4 is 46.6 Å². The van der Waals surface area contributed by atoms with Gasteiger partial charge in [-0.1, -0.05) is 11.6 Å². The zero-order chi connectivity index (χ0) is 12.0. The molecule has 2 aromatic rings. The van der Waals surface area contributed by atoms with Crippen LogP contribution in [0, 0.1) is 0 Å². The molecule has 1 aliphatic heterocycles. The Labute approximate surface area is 122 Å². The highest BCUT2D eigenvalue weighted by Crippen LogP contribution is 2.36. The van der Waals surface area contributed by atoms with E-state index in [4.69, 9.17) is 27.6 Å². The second-order valence-corrected chi connectivity index (χ2v) is 5.20. The first kappa shape index (κ1) is 14.0. The molecule has 0 radical (unpaired) electrons. The lowest BCUT2D eigenvalue weighted by molar-refractivity contribution is 0.333. The van der Waals surface area contributed by atoms with Crippen LogP contribution in [0.15, 0.2) is 16.5 Å². The number of halogens is 3. The van der Waals surface area contributed by atoms with Crippen LogP contribution in [0.3, 0.4) is 0 Å². The molecule has 98 valence electrons. The molecule has 0 saturated heterocycles. The van der Waals surface area contributed by atoms with Gasteiger partial charge >= 0.3 is 0 Å². The predicted molar refractivity (Wildman–Crippen MR) is 78.1 cm³/mol. The Balaban J connectivity index is 0.00000120. The van der Waals surface area contributed by atoms with Crippen molar-refractivity contribution < 1.29 is 4.42 Å². The van der Waals surface area contributed by atoms with Crippen LogP contribution in [-0.4, -0.2) is 18.5 Å². The average Bonchev–Trinajstić information content (AvgIpc) is 2.56. The third-order valence-corrected chi connectivity index (χ3v) is 3.98. The van der Waals surface area contributed by atoms with Crippen molar-refractivity contribution in [2.45, 2.75) is 18.8 Å². The van der Waals surface area contributed by atoms with Crippen LogP contribution in [0.2, 0.25) is 5.02 Å². The van der Waals surface area contributed by atoms with Crippen LogP contribution in [0.5, 0.6) is 0 Å². The largest absolute Gasteiger partial charge is 0.459 e. The highest BCUT2D eigenvalue weighted by molar-refractivity contribution is 6.32. The van der Waals surface area contributed by atoms with Crippen molar-refractivity contribution in [3.63, 3.8) is 0 Å². The van der Waals surface area contributed by atoms with E-state index in [1.165, 1.54) is 16.5 Å². The van der Waals surface area contributed by atoms with Gasteiger partial charge < -0.3 is 9.32 Å². The van der Waals surface area contributed by atoms with Crippen molar-refractivity contribution in [2.75, 3.05) is 13.6 Å². The molecular formula is C13H14Cl3NO. The van der Waals surface area contributed by atoms with E-state index in [0.717, 1.165) is 35.9 Å². The Bertz CT molecular complexity index is 579. The van der Waals surface area contributed by atoms with Crippen molar-refractivity contribution in [3.05, 3.63) is 34.0 Å². The molecule has 2 nitrogen and oxygen atoms in total. The number of nitrogens with zero attached hydrogens (tertiary/aromatic N) is 1. The van der Waals surface area contributed by atoms with Gasteiger partial charge in [0.1, 0.15) is 11.3 Å². The quantitative estimate of drug-likeness (QED) is 0.733. The molecule has 1 aromatic heterocycles. The SMILES string of the molecule is CN1CCc2c(Cl)ccc3oc(CCl)c(c23)C1.Cl. The van der Waals surface area contributed by atoms with Gasteiger partial charge in [0.2, 0.25) is 0 Å². The molecule has 1 aromatic carbocycles. The first-order valence-electron chi connectivity index (χ1n) is 5.67. The van der Waals surface area contributed by atoms with Crippen LogP contribution in [-0.2, 0) is 18.8 Å². The van der Waals surface area contributed by atoms with Gasteiger partial charge in [-0.15, -0.1) is 24.0 Å². The smallest absolute Gasteiger partial charge is 0.135 e. The molecule has 3 rings (SSSR count). The first-order chi connectivity index (χ1) is 8.20. The number of likely N-dealkylation sites (N-methyl/N-ethyl adjacent to an activating group) is 1. The third kappa shape index (κ3) is 2.12. The number of furan rings is 1. The Hall–Kier alpha value is -0.410. The monoisotopic (exact) mass is 305 g/mol. The maximum atomic E-state index is 6.29. The average molecular weight is 307 g/mol. The van der Waals surface area contributed by atoms with Crippen molar-refractivity contribution in [1.29, 1.82) is 0 Å². The van der Waals surface area contributed by atoms with Crippen LogP contribution >= 0.6 is 35.6 Å². The molecule has 2 heterocycles. The topological polar surface area (TPSA) is 16.4 Å². The molecule has 0 fully saturated rings. The van der Waals surface area contributed by atoms with Gasteiger partial charge in [-0.2, -0.15) is 0 Å². The third-order valence-electron chi connectivity index (χ3n) is 3.38. The van der Waals surface area contributed by atoms with E-state index in [1.54, 1.807) is 0 Å². The summed E-state index contributed by atoms with van der Waals surface area (Å²) in [5, 5.41) is 2.01. The number of hydrogen-bond donors (Lipinski definition) is 0. The van der Waals surface area contributed by atoms with E-state index in [-0.39, 0.29) is 12.4 Å². The van der Waals surface area contributed by atoms with Gasteiger partial charge in [-0.3, -0.25) is 0 Å². The summed E-state index contributed by atoms with van der Waals surface area (Å²) in [6, 6.07) is 3.85. The van der Waals surface area contributed by atoms with E-state index in [2.05, 4.69) is 11.9 Å². The predicted octanol–water partition coefficient (Wildman–Crippen LogP) is 4.23. The molecule has 1 aliphatic rings. The Morgan fingerprint density at radius 2 is 2.11 bits per heavy atom. The van der Waals surface area contributed by atoms with Crippen molar-refractivity contribution in [2.24, 2.45) is 0 Å². The number of rotatable bonds is 1. The summed E-state index contributed by atoms with van der Waals surface area (Å²) in [4.78, 5) is 2.27. The fraction of sp³-hybridized carbons (Fsp3) is 0.385. The molecule has 0 bridgehead atoms. The Kier molecular flexibility index (Phi) is 4.12. The first-order valence-corrected chi connectivity index (χ1v) is 6.58. The molecule has 0 spiro atoms. The van der Waals surface area contributed by atoms with E-state index in [9.17, 15) is 0 Å². The van der Waals surface area contributed by atoms with Crippen molar-refractivity contribution in [3.8, 4) is 0 Å². The maximum Gasteiger partial charge on any atom is 0.135 e. The fourth-order valence-electron chi connectivity index (χ4n) is 2.52. The van der Waals surface area contributed by atoms with Gasteiger partial charge in [-0.25, -0.2) is 0 Å². The molecule has 0 saturated carbocycles. The minimum absolute atomic E-state index is 0. The summed E-state index contributed by atoms with van der Waals surface area (Å²) in [6.45, 7) is 1.89. The van der Waals surface area contributed by atoms with Crippen LogP contribution in [0.4, 0.5) is 0 Å². The number of alkyl halides is 1. The van der Waals surface area contributed by atoms with Crippen LogP contribution < -0.4 is 0 Å². The number of benzene rings is 1. The Morgan fingerprint density at radius 1 is 1.33 bits per heavy atom. The van der Waals surface area contributed by atoms with Gasteiger partial charge in [0.05, 0.1) is 5.88 Å².